The summed E-state index contributed by atoms with van der Waals surface area (Å²) >= 11 is 0. The Kier molecular flexibility index (Phi) is 4.40. The Balaban J connectivity index is 1.61. The quantitative estimate of drug-likeness (QED) is 0.903. The van der Waals surface area contributed by atoms with E-state index in [0.717, 1.165) is 31.4 Å². The molecule has 1 heterocycles. The van der Waals surface area contributed by atoms with E-state index in [1.54, 1.807) is 4.90 Å². The van der Waals surface area contributed by atoms with Gasteiger partial charge in [-0.1, -0.05) is 0 Å². The minimum Gasteiger partial charge on any atom is -0.391 e. The van der Waals surface area contributed by atoms with Crippen LogP contribution in [0.2, 0.25) is 0 Å². The minimum absolute atomic E-state index is 0.174. The van der Waals surface area contributed by atoms with Gasteiger partial charge in [0.15, 0.2) is 11.6 Å². The molecule has 0 radical (unpaired) electrons. The summed E-state index contributed by atoms with van der Waals surface area (Å²) in [7, 11) is 0. The van der Waals surface area contributed by atoms with Gasteiger partial charge in [-0.15, -0.1) is 0 Å². The average molecular weight is 310 g/mol. The second kappa shape index (κ2) is 6.30. The predicted octanol–water partition coefficient (Wildman–Crippen LogP) is 1.64. The van der Waals surface area contributed by atoms with E-state index < -0.39 is 11.6 Å². The van der Waals surface area contributed by atoms with Crippen molar-refractivity contribution in [3.8, 4) is 0 Å². The lowest BCUT2D eigenvalue weighted by Gasteiger charge is -2.39. The number of piperazine rings is 1. The number of hydrogen-bond donors (Lipinski definition) is 1. The predicted molar refractivity (Wildman–Crippen MR) is 77.5 cm³/mol. The highest BCUT2D eigenvalue weighted by Crippen LogP contribution is 2.25. The molecular formula is C16H20F2N2O2. The molecule has 1 aliphatic carbocycles. The Morgan fingerprint density at radius 2 is 1.82 bits per heavy atom. The third kappa shape index (κ3) is 2.98. The third-order valence-corrected chi connectivity index (χ3v) is 4.68. The lowest BCUT2D eigenvalue weighted by molar-refractivity contribution is 0.0315. The molecular weight excluding hydrogens is 290 g/mol. The fourth-order valence-electron chi connectivity index (χ4n) is 3.42. The molecule has 1 saturated carbocycles. The van der Waals surface area contributed by atoms with Gasteiger partial charge in [0.1, 0.15) is 0 Å². The molecule has 0 aromatic heterocycles. The van der Waals surface area contributed by atoms with Gasteiger partial charge >= 0.3 is 0 Å². The number of hydrogen-bond acceptors (Lipinski definition) is 3. The van der Waals surface area contributed by atoms with Crippen molar-refractivity contribution in [1.29, 1.82) is 0 Å². The summed E-state index contributed by atoms with van der Waals surface area (Å²) in [6.45, 7) is 2.50. The van der Waals surface area contributed by atoms with Crippen LogP contribution in [0.5, 0.6) is 0 Å². The largest absolute Gasteiger partial charge is 0.391 e. The molecule has 22 heavy (non-hydrogen) atoms. The van der Waals surface area contributed by atoms with Gasteiger partial charge in [0.2, 0.25) is 0 Å². The van der Waals surface area contributed by atoms with E-state index in [1.807, 2.05) is 0 Å². The van der Waals surface area contributed by atoms with Crippen molar-refractivity contribution in [2.75, 3.05) is 26.2 Å². The zero-order valence-corrected chi connectivity index (χ0v) is 12.3. The number of benzene rings is 1. The summed E-state index contributed by atoms with van der Waals surface area (Å²) in [5.74, 6) is -2.22. The van der Waals surface area contributed by atoms with E-state index in [0.29, 0.717) is 26.2 Å². The zero-order chi connectivity index (χ0) is 15.7. The Morgan fingerprint density at radius 1 is 1.09 bits per heavy atom. The van der Waals surface area contributed by atoms with Crippen LogP contribution in [-0.4, -0.2) is 59.1 Å². The maximum Gasteiger partial charge on any atom is 0.254 e. The minimum atomic E-state index is -1.00. The first kappa shape index (κ1) is 15.4. The summed E-state index contributed by atoms with van der Waals surface area (Å²) in [4.78, 5) is 16.2. The molecule has 1 saturated heterocycles. The van der Waals surface area contributed by atoms with Gasteiger partial charge in [-0.05, 0) is 37.5 Å². The summed E-state index contributed by atoms with van der Waals surface area (Å²) in [5, 5.41) is 9.95. The van der Waals surface area contributed by atoms with Crippen molar-refractivity contribution >= 4 is 5.91 Å². The normalized spacial score (nSPS) is 26.4. The summed E-state index contributed by atoms with van der Waals surface area (Å²) in [5.41, 5.74) is 0.174. The molecule has 2 aliphatic rings. The van der Waals surface area contributed by atoms with Gasteiger partial charge < -0.3 is 10.0 Å². The molecule has 2 atom stereocenters. The van der Waals surface area contributed by atoms with Gasteiger partial charge in [0, 0.05) is 37.8 Å². The Bertz CT molecular complexity index is 559. The van der Waals surface area contributed by atoms with Crippen LogP contribution in [0.25, 0.3) is 0 Å². The molecule has 0 bridgehead atoms. The number of aliphatic hydroxyl groups is 1. The van der Waals surface area contributed by atoms with Gasteiger partial charge in [-0.3, -0.25) is 9.69 Å². The highest BCUT2D eigenvalue weighted by molar-refractivity contribution is 5.94. The standard InChI is InChI=1S/C16H20F2N2O2/c17-12-5-4-11(10-13(12)18)16(22)20-8-6-19(7-9-20)14-2-1-3-15(14)21/h4-5,10,14-15,21H,1-3,6-9H2/t14-,15+/m0/s1. The number of amides is 1. The Labute approximate surface area is 128 Å². The SMILES string of the molecule is O=C(c1ccc(F)c(F)c1)N1CCN([C@H]2CCC[C@H]2O)CC1. The van der Waals surface area contributed by atoms with E-state index in [9.17, 15) is 18.7 Å². The van der Waals surface area contributed by atoms with Gasteiger partial charge in [-0.25, -0.2) is 8.78 Å². The van der Waals surface area contributed by atoms with Crippen LogP contribution in [0.4, 0.5) is 8.78 Å². The zero-order valence-electron chi connectivity index (χ0n) is 12.3. The number of nitrogens with zero attached hydrogens (tertiary/aromatic N) is 2. The Hall–Kier alpha value is -1.53. The van der Waals surface area contributed by atoms with Crippen molar-refractivity contribution in [2.24, 2.45) is 0 Å². The first-order chi connectivity index (χ1) is 10.6. The molecule has 120 valence electrons. The van der Waals surface area contributed by atoms with Gasteiger partial charge in [0.25, 0.3) is 5.91 Å². The molecule has 1 amide bonds. The molecule has 0 spiro atoms. The van der Waals surface area contributed by atoms with Crippen LogP contribution < -0.4 is 0 Å². The van der Waals surface area contributed by atoms with Crippen LogP contribution >= 0.6 is 0 Å². The lowest BCUT2D eigenvalue weighted by Crippen LogP contribution is -2.53. The summed E-state index contributed by atoms with van der Waals surface area (Å²) in [6, 6.07) is 3.44. The lowest BCUT2D eigenvalue weighted by atomic mass is 10.1. The topological polar surface area (TPSA) is 43.8 Å². The number of carbonyl (C=O) groups is 1. The number of halogens is 2. The van der Waals surface area contributed by atoms with Gasteiger partial charge in [0.05, 0.1) is 6.10 Å². The molecule has 2 fully saturated rings. The van der Waals surface area contributed by atoms with E-state index in [4.69, 9.17) is 0 Å². The van der Waals surface area contributed by atoms with Crippen molar-refractivity contribution in [2.45, 2.75) is 31.4 Å². The van der Waals surface area contributed by atoms with Gasteiger partial charge in [-0.2, -0.15) is 0 Å². The van der Waals surface area contributed by atoms with Crippen molar-refractivity contribution in [1.82, 2.24) is 9.80 Å². The molecule has 1 N–H and O–H groups in total. The number of carbonyl (C=O) groups excluding carboxylic acids is 1. The summed E-state index contributed by atoms with van der Waals surface area (Å²) < 4.78 is 26.2. The third-order valence-electron chi connectivity index (χ3n) is 4.68. The number of aliphatic hydroxyl groups excluding tert-OH is 1. The first-order valence-electron chi connectivity index (χ1n) is 7.72. The Morgan fingerprint density at radius 3 is 2.41 bits per heavy atom. The second-order valence-electron chi connectivity index (χ2n) is 6.02. The van der Waals surface area contributed by atoms with E-state index in [2.05, 4.69) is 4.90 Å². The molecule has 1 aromatic carbocycles. The van der Waals surface area contributed by atoms with Crippen LogP contribution in [0.3, 0.4) is 0 Å². The molecule has 6 heteroatoms. The number of rotatable bonds is 2. The van der Waals surface area contributed by atoms with E-state index in [-0.39, 0.29) is 23.6 Å². The molecule has 1 aliphatic heterocycles. The molecule has 1 aromatic rings. The van der Waals surface area contributed by atoms with E-state index >= 15 is 0 Å². The maximum atomic E-state index is 13.2. The van der Waals surface area contributed by atoms with Crippen LogP contribution in [0, 0.1) is 11.6 Å². The average Bonchev–Trinajstić information content (AvgIpc) is 2.95. The van der Waals surface area contributed by atoms with Crippen LogP contribution in [0.15, 0.2) is 18.2 Å². The second-order valence-corrected chi connectivity index (χ2v) is 6.02. The van der Waals surface area contributed by atoms with Crippen LogP contribution in [0.1, 0.15) is 29.6 Å². The smallest absolute Gasteiger partial charge is 0.254 e. The highest BCUT2D eigenvalue weighted by Gasteiger charge is 2.33. The van der Waals surface area contributed by atoms with Crippen molar-refractivity contribution in [3.63, 3.8) is 0 Å². The molecule has 3 rings (SSSR count). The van der Waals surface area contributed by atoms with Crippen LogP contribution in [-0.2, 0) is 0 Å². The fourth-order valence-corrected chi connectivity index (χ4v) is 3.42. The molecule has 4 nitrogen and oxygen atoms in total. The maximum absolute atomic E-state index is 13.2. The van der Waals surface area contributed by atoms with Crippen molar-refractivity contribution < 1.29 is 18.7 Å². The first-order valence-corrected chi connectivity index (χ1v) is 7.72. The highest BCUT2D eigenvalue weighted by atomic mass is 19.2. The molecule has 0 unspecified atom stereocenters. The van der Waals surface area contributed by atoms with E-state index in [1.165, 1.54) is 6.07 Å². The summed E-state index contributed by atoms with van der Waals surface area (Å²) in [6.07, 6.45) is 2.62. The monoisotopic (exact) mass is 310 g/mol. The van der Waals surface area contributed by atoms with Crippen molar-refractivity contribution in [3.05, 3.63) is 35.4 Å². The fraction of sp³-hybridized carbons (Fsp3) is 0.562.